The average Bonchev–Trinajstić information content (AvgIpc) is 2.46. The van der Waals surface area contributed by atoms with Gasteiger partial charge < -0.3 is 15.3 Å². The first kappa shape index (κ1) is 17.0. The molecule has 1 rings (SSSR count). The molecule has 5 heteroatoms. The van der Waals surface area contributed by atoms with E-state index in [0.29, 0.717) is 5.56 Å². The van der Waals surface area contributed by atoms with Gasteiger partial charge in [-0.3, -0.25) is 0 Å². The van der Waals surface area contributed by atoms with Crippen LogP contribution in [0.15, 0.2) is 30.3 Å². The summed E-state index contributed by atoms with van der Waals surface area (Å²) in [6, 6.07) is 8.29. The molecule has 0 radical (unpaired) electrons. The number of carbonyl (C=O) groups excluding carboxylic acids is 1. The quantitative estimate of drug-likeness (QED) is 0.876. The Balaban J connectivity index is 3.05. The van der Waals surface area contributed by atoms with E-state index in [2.05, 4.69) is 5.32 Å². The van der Waals surface area contributed by atoms with Gasteiger partial charge in [-0.25, -0.2) is 9.59 Å². The van der Waals surface area contributed by atoms with Crippen molar-refractivity contribution in [1.82, 2.24) is 10.2 Å². The maximum atomic E-state index is 12.4. The Morgan fingerprint density at radius 1 is 1.19 bits per heavy atom. The van der Waals surface area contributed by atoms with E-state index < -0.39 is 17.5 Å². The van der Waals surface area contributed by atoms with Crippen LogP contribution in [0.25, 0.3) is 0 Å². The van der Waals surface area contributed by atoms with Crippen molar-refractivity contribution < 1.29 is 14.7 Å². The summed E-state index contributed by atoms with van der Waals surface area (Å²) in [6.45, 7) is 7.35. The first-order valence-corrected chi connectivity index (χ1v) is 7.00. The predicted octanol–water partition coefficient (Wildman–Crippen LogP) is 2.82. The summed E-state index contributed by atoms with van der Waals surface area (Å²) in [5.41, 5.74) is -1.27. The molecule has 2 amide bonds. The van der Waals surface area contributed by atoms with E-state index in [4.69, 9.17) is 0 Å². The number of amides is 2. The molecule has 0 saturated heterocycles. The van der Waals surface area contributed by atoms with E-state index >= 15 is 0 Å². The van der Waals surface area contributed by atoms with E-state index in [1.807, 2.05) is 20.8 Å². The number of nitrogens with one attached hydrogen (secondary N) is 1. The highest BCUT2D eigenvalue weighted by Gasteiger charge is 2.39. The number of carboxylic acid groups (broad SMARTS) is 1. The number of hydrogen-bond donors (Lipinski definition) is 2. The van der Waals surface area contributed by atoms with Crippen molar-refractivity contribution in [2.75, 3.05) is 7.05 Å². The Kier molecular flexibility index (Phi) is 4.99. The Morgan fingerprint density at radius 3 is 2.14 bits per heavy atom. The van der Waals surface area contributed by atoms with Gasteiger partial charge >= 0.3 is 12.0 Å². The molecule has 0 aliphatic rings. The zero-order valence-electron chi connectivity index (χ0n) is 13.3. The molecule has 0 spiro atoms. The molecule has 116 valence electrons. The molecule has 0 heterocycles. The number of hydrogen-bond acceptors (Lipinski definition) is 2. The molecular weight excluding hydrogens is 268 g/mol. The molecule has 21 heavy (non-hydrogen) atoms. The molecule has 0 saturated carbocycles. The summed E-state index contributed by atoms with van der Waals surface area (Å²) < 4.78 is 0. The second kappa shape index (κ2) is 6.16. The summed E-state index contributed by atoms with van der Waals surface area (Å²) in [5.74, 6) is -1.09. The highest BCUT2D eigenvalue weighted by atomic mass is 16.4. The van der Waals surface area contributed by atoms with Crippen LogP contribution in [-0.2, 0) is 10.3 Å². The first-order valence-electron chi connectivity index (χ1n) is 7.00. The molecule has 0 bridgehead atoms. The number of benzene rings is 1. The van der Waals surface area contributed by atoms with Crippen molar-refractivity contribution in [2.45, 2.75) is 45.2 Å². The molecule has 1 unspecified atom stereocenters. The van der Waals surface area contributed by atoms with E-state index in [9.17, 15) is 14.7 Å². The lowest BCUT2D eigenvalue weighted by molar-refractivity contribution is -0.144. The molecule has 0 aliphatic heterocycles. The zero-order valence-corrected chi connectivity index (χ0v) is 13.3. The van der Waals surface area contributed by atoms with E-state index in [1.165, 1.54) is 11.8 Å². The lowest BCUT2D eigenvalue weighted by Gasteiger charge is -2.37. The molecule has 1 aromatic rings. The van der Waals surface area contributed by atoms with E-state index in [1.54, 1.807) is 37.4 Å². The molecule has 5 nitrogen and oxygen atoms in total. The molecule has 0 aromatic heterocycles. The van der Waals surface area contributed by atoms with Crippen LogP contribution in [0.5, 0.6) is 0 Å². The summed E-state index contributed by atoms with van der Waals surface area (Å²) in [5, 5.41) is 12.2. The largest absolute Gasteiger partial charge is 0.479 e. The van der Waals surface area contributed by atoms with Gasteiger partial charge in [-0.05, 0) is 32.8 Å². The summed E-state index contributed by atoms with van der Waals surface area (Å²) in [4.78, 5) is 25.6. The average molecular weight is 292 g/mol. The molecule has 0 aliphatic carbocycles. The Morgan fingerprint density at radius 2 is 1.71 bits per heavy atom. The fourth-order valence-electron chi connectivity index (χ4n) is 1.83. The van der Waals surface area contributed by atoms with Crippen LogP contribution in [0, 0.1) is 0 Å². The van der Waals surface area contributed by atoms with Crippen molar-refractivity contribution in [3.8, 4) is 0 Å². The fourth-order valence-corrected chi connectivity index (χ4v) is 1.83. The van der Waals surface area contributed by atoms with Gasteiger partial charge in [-0.15, -0.1) is 0 Å². The van der Waals surface area contributed by atoms with Crippen LogP contribution in [-0.4, -0.2) is 34.6 Å². The number of aliphatic carboxylic acids is 1. The van der Waals surface area contributed by atoms with Gasteiger partial charge in [0.25, 0.3) is 0 Å². The monoisotopic (exact) mass is 292 g/mol. The van der Waals surface area contributed by atoms with Gasteiger partial charge in [-0.1, -0.05) is 37.3 Å². The number of urea groups is 1. The molecule has 1 atom stereocenters. The van der Waals surface area contributed by atoms with Crippen LogP contribution >= 0.6 is 0 Å². The minimum Gasteiger partial charge on any atom is -0.479 e. The van der Waals surface area contributed by atoms with E-state index in [-0.39, 0.29) is 5.54 Å². The number of rotatable bonds is 5. The van der Waals surface area contributed by atoms with Gasteiger partial charge in [0.1, 0.15) is 0 Å². The normalized spacial score (nSPS) is 14.1. The van der Waals surface area contributed by atoms with Crippen LogP contribution in [0.2, 0.25) is 0 Å². The Bertz CT molecular complexity index is 514. The van der Waals surface area contributed by atoms with Crippen LogP contribution in [0.1, 0.15) is 39.7 Å². The number of carboxylic acids is 1. The predicted molar refractivity (Wildman–Crippen MR) is 82.1 cm³/mol. The maximum Gasteiger partial charge on any atom is 0.333 e. The minimum absolute atomic E-state index is 0.347. The third kappa shape index (κ3) is 3.54. The van der Waals surface area contributed by atoms with Crippen LogP contribution < -0.4 is 5.32 Å². The highest BCUT2D eigenvalue weighted by Crippen LogP contribution is 2.23. The zero-order chi connectivity index (χ0) is 16.3. The fraction of sp³-hybridized carbons (Fsp3) is 0.500. The van der Waals surface area contributed by atoms with Crippen molar-refractivity contribution in [2.24, 2.45) is 0 Å². The third-order valence-electron chi connectivity index (χ3n) is 4.21. The third-order valence-corrected chi connectivity index (χ3v) is 4.21. The molecule has 2 N–H and O–H groups in total. The van der Waals surface area contributed by atoms with Gasteiger partial charge in [0.05, 0.1) is 0 Å². The highest BCUT2D eigenvalue weighted by molar-refractivity contribution is 5.87. The van der Waals surface area contributed by atoms with E-state index in [0.717, 1.165) is 6.42 Å². The molecule has 0 fully saturated rings. The Labute approximate surface area is 126 Å². The minimum atomic E-state index is -1.46. The van der Waals surface area contributed by atoms with Crippen molar-refractivity contribution in [3.05, 3.63) is 35.9 Å². The summed E-state index contributed by atoms with van der Waals surface area (Å²) >= 11 is 0. The number of carbonyl (C=O) groups is 2. The lowest BCUT2D eigenvalue weighted by atomic mass is 9.92. The second-order valence-electron chi connectivity index (χ2n) is 5.95. The Hall–Kier alpha value is -2.04. The van der Waals surface area contributed by atoms with Crippen molar-refractivity contribution in [1.29, 1.82) is 0 Å². The van der Waals surface area contributed by atoms with Crippen LogP contribution in [0.4, 0.5) is 4.79 Å². The molecular formula is C16H24N2O3. The standard InChI is InChI=1S/C16H24N2O3/c1-6-15(2,3)18(5)14(21)17-16(4,13(19)20)12-10-8-7-9-11-12/h7-11H,6H2,1-5H3,(H,17,21)(H,19,20). The summed E-state index contributed by atoms with van der Waals surface area (Å²) in [7, 11) is 1.67. The van der Waals surface area contributed by atoms with Gasteiger partial charge in [0, 0.05) is 12.6 Å². The smallest absolute Gasteiger partial charge is 0.333 e. The topological polar surface area (TPSA) is 69.6 Å². The summed E-state index contributed by atoms with van der Waals surface area (Å²) in [6.07, 6.45) is 0.770. The molecule has 1 aromatic carbocycles. The number of nitrogens with zero attached hydrogens (tertiary/aromatic N) is 1. The van der Waals surface area contributed by atoms with Gasteiger partial charge in [0.15, 0.2) is 5.54 Å². The van der Waals surface area contributed by atoms with Gasteiger partial charge in [-0.2, -0.15) is 0 Å². The SMILES string of the molecule is CCC(C)(C)N(C)C(=O)NC(C)(C(=O)O)c1ccccc1. The van der Waals surface area contributed by atoms with Crippen LogP contribution in [0.3, 0.4) is 0 Å². The first-order chi connectivity index (χ1) is 9.65. The van der Waals surface area contributed by atoms with Gasteiger partial charge in [0.2, 0.25) is 0 Å². The lowest BCUT2D eigenvalue weighted by Crippen LogP contribution is -2.57. The maximum absolute atomic E-state index is 12.4. The second-order valence-corrected chi connectivity index (χ2v) is 5.95. The van der Waals surface area contributed by atoms with Crippen molar-refractivity contribution in [3.63, 3.8) is 0 Å². The van der Waals surface area contributed by atoms with Crippen molar-refractivity contribution >= 4 is 12.0 Å².